The average Bonchev–Trinajstić information content (AvgIpc) is 2.24. The first-order valence-electron chi connectivity index (χ1n) is 6.24. The molecule has 0 amide bonds. The Morgan fingerprint density at radius 2 is 1.83 bits per heavy atom. The van der Waals surface area contributed by atoms with Crippen LogP contribution in [0.15, 0.2) is 0 Å². The van der Waals surface area contributed by atoms with E-state index >= 15 is 0 Å². The van der Waals surface area contributed by atoms with E-state index in [2.05, 4.69) is 13.8 Å². The van der Waals surface area contributed by atoms with Crippen LogP contribution in [0, 0.1) is 11.8 Å². The van der Waals surface area contributed by atoms with Gasteiger partial charge in [-0.3, -0.25) is 9.69 Å². The molecule has 0 radical (unpaired) electrons. The molecule has 1 rings (SSSR count). The number of piperidine rings is 1. The minimum Gasteiger partial charge on any atom is -0.481 e. The highest BCUT2D eigenvalue weighted by Crippen LogP contribution is 2.32. The molecule has 1 atom stereocenters. The maximum Gasteiger partial charge on any atom is 0.404 e. The van der Waals surface area contributed by atoms with Crippen LogP contribution in [0.5, 0.6) is 0 Å². The summed E-state index contributed by atoms with van der Waals surface area (Å²) in [4.78, 5) is 11.8. The van der Waals surface area contributed by atoms with Gasteiger partial charge in [0.25, 0.3) is 0 Å². The van der Waals surface area contributed by atoms with Crippen LogP contribution in [0.1, 0.15) is 33.1 Å². The molecule has 6 heteroatoms. The van der Waals surface area contributed by atoms with Gasteiger partial charge in [-0.2, -0.15) is 13.2 Å². The van der Waals surface area contributed by atoms with Gasteiger partial charge in [-0.05, 0) is 37.8 Å². The van der Waals surface area contributed by atoms with Crippen LogP contribution >= 0.6 is 0 Å². The number of halogens is 3. The third-order valence-corrected chi connectivity index (χ3v) is 3.70. The van der Waals surface area contributed by atoms with Gasteiger partial charge in [0.05, 0.1) is 6.42 Å². The number of alkyl halides is 3. The molecule has 1 heterocycles. The zero-order chi connectivity index (χ0) is 13.9. The molecule has 1 fully saturated rings. The molecule has 18 heavy (non-hydrogen) atoms. The molecule has 0 saturated carbocycles. The van der Waals surface area contributed by atoms with Gasteiger partial charge in [-0.1, -0.05) is 13.8 Å². The number of rotatable bonds is 4. The molecule has 0 aromatic rings. The fraction of sp³-hybridized carbons (Fsp3) is 0.917. The Balaban J connectivity index is 2.63. The van der Waals surface area contributed by atoms with Crippen molar-refractivity contribution >= 4 is 5.97 Å². The Morgan fingerprint density at radius 1 is 1.33 bits per heavy atom. The summed E-state index contributed by atoms with van der Waals surface area (Å²) in [7, 11) is 0. The van der Waals surface area contributed by atoms with Gasteiger partial charge in [-0.15, -0.1) is 0 Å². The van der Waals surface area contributed by atoms with Gasteiger partial charge in [0.2, 0.25) is 0 Å². The molecule has 0 aromatic heterocycles. The quantitative estimate of drug-likeness (QED) is 0.851. The minimum absolute atomic E-state index is 0.334. The molecule has 0 spiro atoms. The summed E-state index contributed by atoms with van der Waals surface area (Å²) in [5.41, 5.74) is 0. The molecule has 3 nitrogen and oxygen atoms in total. The zero-order valence-electron chi connectivity index (χ0n) is 10.7. The van der Waals surface area contributed by atoms with E-state index in [1.807, 2.05) is 0 Å². The third kappa shape index (κ3) is 4.15. The molecular weight excluding hydrogens is 247 g/mol. The normalized spacial score (nSPS) is 21.2. The van der Waals surface area contributed by atoms with Crippen LogP contribution in [0.3, 0.4) is 0 Å². The number of hydrogen-bond acceptors (Lipinski definition) is 2. The predicted molar refractivity (Wildman–Crippen MR) is 61.2 cm³/mol. The van der Waals surface area contributed by atoms with Gasteiger partial charge in [-0.25, -0.2) is 0 Å². The monoisotopic (exact) mass is 267 g/mol. The maximum atomic E-state index is 12.8. The number of aliphatic carboxylic acids is 1. The number of carboxylic acids is 1. The summed E-state index contributed by atoms with van der Waals surface area (Å²) in [5.74, 6) is -0.487. The summed E-state index contributed by atoms with van der Waals surface area (Å²) >= 11 is 0. The summed E-state index contributed by atoms with van der Waals surface area (Å²) < 4.78 is 38.4. The van der Waals surface area contributed by atoms with E-state index in [9.17, 15) is 18.0 Å². The second kappa shape index (κ2) is 5.91. The van der Waals surface area contributed by atoms with Crippen molar-refractivity contribution in [3.63, 3.8) is 0 Å². The Labute approximate surface area is 105 Å². The van der Waals surface area contributed by atoms with E-state index in [4.69, 9.17) is 5.11 Å². The molecular formula is C12H20F3NO2. The molecule has 1 aliphatic rings. The molecule has 1 aliphatic heterocycles. The van der Waals surface area contributed by atoms with Crippen LogP contribution in [0.25, 0.3) is 0 Å². The van der Waals surface area contributed by atoms with Crippen molar-refractivity contribution in [1.82, 2.24) is 4.90 Å². The zero-order valence-corrected chi connectivity index (χ0v) is 10.7. The fourth-order valence-corrected chi connectivity index (χ4v) is 2.52. The SMILES string of the molecule is CC(C)C1CCN(C(CC(=O)O)C(F)(F)F)CC1. The first-order valence-corrected chi connectivity index (χ1v) is 6.24. The van der Waals surface area contributed by atoms with Crippen LogP contribution in [0.2, 0.25) is 0 Å². The lowest BCUT2D eigenvalue weighted by Gasteiger charge is -2.38. The number of carbonyl (C=O) groups is 1. The Bertz CT molecular complexity index is 284. The van der Waals surface area contributed by atoms with E-state index < -0.39 is 24.6 Å². The van der Waals surface area contributed by atoms with Crippen molar-refractivity contribution < 1.29 is 23.1 Å². The van der Waals surface area contributed by atoms with E-state index in [0.717, 1.165) is 0 Å². The van der Waals surface area contributed by atoms with E-state index in [1.54, 1.807) is 0 Å². The molecule has 0 aliphatic carbocycles. The highest BCUT2D eigenvalue weighted by atomic mass is 19.4. The molecule has 1 unspecified atom stereocenters. The van der Waals surface area contributed by atoms with Gasteiger partial charge in [0.15, 0.2) is 0 Å². The Hall–Kier alpha value is -0.780. The number of carboxylic acid groups (broad SMARTS) is 1. The molecule has 1 saturated heterocycles. The standard InChI is InChI=1S/C12H20F3NO2/c1-8(2)9-3-5-16(6-4-9)10(7-11(17)18)12(13,14)15/h8-10H,3-7H2,1-2H3,(H,17,18). The summed E-state index contributed by atoms with van der Waals surface area (Å²) in [6, 6.07) is -1.84. The first kappa shape index (κ1) is 15.3. The van der Waals surface area contributed by atoms with E-state index in [0.29, 0.717) is 37.8 Å². The van der Waals surface area contributed by atoms with E-state index in [1.165, 1.54) is 4.90 Å². The topological polar surface area (TPSA) is 40.5 Å². The van der Waals surface area contributed by atoms with Crippen molar-refractivity contribution in [3.05, 3.63) is 0 Å². The lowest BCUT2D eigenvalue weighted by Crippen LogP contribution is -2.50. The molecule has 1 N–H and O–H groups in total. The van der Waals surface area contributed by atoms with Crippen molar-refractivity contribution in [2.24, 2.45) is 11.8 Å². The van der Waals surface area contributed by atoms with E-state index in [-0.39, 0.29) is 0 Å². The van der Waals surface area contributed by atoms with Crippen LogP contribution in [0.4, 0.5) is 13.2 Å². The van der Waals surface area contributed by atoms with Crippen LogP contribution < -0.4 is 0 Å². The van der Waals surface area contributed by atoms with Crippen molar-refractivity contribution in [2.75, 3.05) is 13.1 Å². The Kier molecular flexibility index (Phi) is 5.01. The first-order chi connectivity index (χ1) is 8.21. The second-order valence-electron chi connectivity index (χ2n) is 5.27. The lowest BCUT2D eigenvalue weighted by atomic mass is 9.86. The van der Waals surface area contributed by atoms with Crippen molar-refractivity contribution in [3.8, 4) is 0 Å². The summed E-state index contributed by atoms with van der Waals surface area (Å²) in [6.45, 7) is 4.80. The largest absolute Gasteiger partial charge is 0.481 e. The second-order valence-corrected chi connectivity index (χ2v) is 5.27. The molecule has 0 aromatic carbocycles. The number of likely N-dealkylation sites (tertiary alicyclic amines) is 1. The molecule has 0 bridgehead atoms. The van der Waals surface area contributed by atoms with Crippen molar-refractivity contribution in [2.45, 2.75) is 45.3 Å². The van der Waals surface area contributed by atoms with Gasteiger partial charge < -0.3 is 5.11 Å². The maximum absolute atomic E-state index is 12.8. The minimum atomic E-state index is -4.47. The Morgan fingerprint density at radius 3 is 2.17 bits per heavy atom. The summed E-state index contributed by atoms with van der Waals surface area (Å²) in [5, 5.41) is 8.59. The van der Waals surface area contributed by atoms with Crippen LogP contribution in [-0.4, -0.2) is 41.3 Å². The molecule has 106 valence electrons. The fourth-order valence-electron chi connectivity index (χ4n) is 2.52. The number of nitrogens with zero attached hydrogens (tertiary/aromatic N) is 1. The average molecular weight is 267 g/mol. The summed E-state index contributed by atoms with van der Waals surface area (Å²) in [6.07, 6.45) is -3.91. The van der Waals surface area contributed by atoms with Gasteiger partial charge in [0, 0.05) is 0 Å². The van der Waals surface area contributed by atoms with Gasteiger partial charge >= 0.3 is 12.1 Å². The highest BCUT2D eigenvalue weighted by Gasteiger charge is 2.45. The smallest absolute Gasteiger partial charge is 0.404 e. The third-order valence-electron chi connectivity index (χ3n) is 3.70. The highest BCUT2D eigenvalue weighted by molar-refractivity contribution is 5.67. The van der Waals surface area contributed by atoms with Gasteiger partial charge in [0.1, 0.15) is 6.04 Å². The lowest BCUT2D eigenvalue weighted by molar-refractivity contribution is -0.193. The van der Waals surface area contributed by atoms with Crippen molar-refractivity contribution in [1.29, 1.82) is 0 Å². The predicted octanol–water partition coefficient (Wildman–Crippen LogP) is 2.76. The number of hydrogen-bond donors (Lipinski definition) is 1. The van der Waals surface area contributed by atoms with Crippen LogP contribution in [-0.2, 0) is 4.79 Å².